The van der Waals surface area contributed by atoms with Crippen LogP contribution in [0.15, 0.2) is 42.5 Å². The SMILES string of the molecule is O=C(C=Cc1c(F)c(F)c(F)c(F)c1F)NC(CO)C(=O)Nc1cc(-c2ccccc2)[nH]n1. The number of aliphatic hydroxyl groups excluding tert-OH is 1. The Labute approximate surface area is 182 Å². The van der Waals surface area contributed by atoms with E-state index in [4.69, 9.17) is 0 Å². The van der Waals surface area contributed by atoms with E-state index in [9.17, 15) is 36.6 Å². The molecule has 0 fully saturated rings. The monoisotopic (exact) mass is 466 g/mol. The Balaban J connectivity index is 1.67. The van der Waals surface area contributed by atoms with Crippen molar-refractivity contribution < 1.29 is 36.6 Å². The molecule has 33 heavy (non-hydrogen) atoms. The molecule has 1 aromatic heterocycles. The Hall–Kier alpha value is -4.06. The average molecular weight is 466 g/mol. The van der Waals surface area contributed by atoms with E-state index < -0.39 is 59.1 Å². The minimum absolute atomic E-state index is 0.0866. The number of nitrogens with zero attached hydrogens (tertiary/aromatic N) is 1. The van der Waals surface area contributed by atoms with Gasteiger partial charge in [-0.15, -0.1) is 0 Å². The number of carbonyl (C=O) groups excluding carboxylic acids is 2. The molecule has 0 aliphatic heterocycles. The molecule has 0 bridgehead atoms. The highest BCUT2D eigenvalue weighted by Crippen LogP contribution is 2.24. The number of H-pyrrole nitrogens is 1. The van der Waals surface area contributed by atoms with Gasteiger partial charge < -0.3 is 15.7 Å². The fraction of sp³-hybridized carbons (Fsp3) is 0.0952. The van der Waals surface area contributed by atoms with Gasteiger partial charge in [0.15, 0.2) is 29.1 Å². The topological polar surface area (TPSA) is 107 Å². The molecule has 0 spiro atoms. The summed E-state index contributed by atoms with van der Waals surface area (Å²) in [6.07, 6.45) is 0.814. The molecule has 0 aliphatic rings. The lowest BCUT2D eigenvalue weighted by Crippen LogP contribution is -2.45. The van der Waals surface area contributed by atoms with Crippen LogP contribution >= 0.6 is 0 Å². The van der Waals surface area contributed by atoms with Gasteiger partial charge in [0.05, 0.1) is 17.9 Å². The van der Waals surface area contributed by atoms with Crippen molar-refractivity contribution in [1.29, 1.82) is 0 Å². The van der Waals surface area contributed by atoms with E-state index in [1.807, 2.05) is 11.4 Å². The third-order valence-corrected chi connectivity index (χ3v) is 4.37. The lowest BCUT2D eigenvalue weighted by atomic mass is 10.1. The van der Waals surface area contributed by atoms with Gasteiger partial charge in [-0.3, -0.25) is 14.7 Å². The van der Waals surface area contributed by atoms with E-state index in [2.05, 4.69) is 15.5 Å². The summed E-state index contributed by atoms with van der Waals surface area (Å²) in [6, 6.07) is 9.01. The number of halogens is 5. The van der Waals surface area contributed by atoms with Crippen LogP contribution in [0.25, 0.3) is 17.3 Å². The molecular formula is C21H15F5N4O3. The van der Waals surface area contributed by atoms with Crippen molar-refractivity contribution in [3.8, 4) is 11.3 Å². The van der Waals surface area contributed by atoms with Crippen molar-refractivity contribution in [3.05, 3.63) is 77.1 Å². The van der Waals surface area contributed by atoms with Crippen LogP contribution in [-0.4, -0.2) is 39.8 Å². The van der Waals surface area contributed by atoms with E-state index in [0.29, 0.717) is 17.8 Å². The van der Waals surface area contributed by atoms with Crippen LogP contribution in [-0.2, 0) is 9.59 Å². The molecule has 0 saturated carbocycles. The summed E-state index contributed by atoms with van der Waals surface area (Å²) in [5.41, 5.74) is 0.0357. The van der Waals surface area contributed by atoms with Gasteiger partial charge in [0.2, 0.25) is 11.7 Å². The zero-order valence-corrected chi connectivity index (χ0v) is 16.5. The molecular weight excluding hydrogens is 451 g/mol. The van der Waals surface area contributed by atoms with Crippen LogP contribution < -0.4 is 10.6 Å². The number of aromatic nitrogens is 2. The molecule has 7 nitrogen and oxygen atoms in total. The van der Waals surface area contributed by atoms with E-state index in [0.717, 1.165) is 5.56 Å². The van der Waals surface area contributed by atoms with Crippen LogP contribution in [0, 0.1) is 29.1 Å². The van der Waals surface area contributed by atoms with Crippen LogP contribution in [0.3, 0.4) is 0 Å². The summed E-state index contributed by atoms with van der Waals surface area (Å²) in [6.45, 7) is -0.857. The first-order valence-electron chi connectivity index (χ1n) is 9.25. The number of aliphatic hydroxyl groups is 1. The van der Waals surface area contributed by atoms with Crippen molar-refractivity contribution in [2.24, 2.45) is 0 Å². The third-order valence-electron chi connectivity index (χ3n) is 4.37. The maximum absolute atomic E-state index is 13.7. The van der Waals surface area contributed by atoms with Gasteiger partial charge in [-0.25, -0.2) is 22.0 Å². The number of anilines is 1. The van der Waals surface area contributed by atoms with Gasteiger partial charge in [-0.1, -0.05) is 30.3 Å². The lowest BCUT2D eigenvalue weighted by Gasteiger charge is -2.14. The van der Waals surface area contributed by atoms with E-state index in [-0.39, 0.29) is 5.82 Å². The molecule has 3 aromatic rings. The van der Waals surface area contributed by atoms with Crippen LogP contribution in [0.5, 0.6) is 0 Å². The fourth-order valence-electron chi connectivity index (χ4n) is 2.71. The average Bonchev–Trinajstić information content (AvgIpc) is 3.28. The Morgan fingerprint density at radius 3 is 2.21 bits per heavy atom. The maximum atomic E-state index is 13.7. The highest BCUT2D eigenvalue weighted by Gasteiger charge is 2.25. The van der Waals surface area contributed by atoms with Crippen molar-refractivity contribution in [3.63, 3.8) is 0 Å². The molecule has 3 rings (SSSR count). The van der Waals surface area contributed by atoms with E-state index in [1.165, 1.54) is 6.07 Å². The molecule has 1 unspecified atom stereocenters. The predicted molar refractivity (Wildman–Crippen MR) is 107 cm³/mol. The van der Waals surface area contributed by atoms with Gasteiger partial charge in [-0.2, -0.15) is 5.10 Å². The molecule has 1 atom stereocenters. The second kappa shape index (κ2) is 10.0. The Morgan fingerprint density at radius 1 is 1.00 bits per heavy atom. The highest BCUT2D eigenvalue weighted by molar-refractivity contribution is 6.00. The van der Waals surface area contributed by atoms with Gasteiger partial charge in [-0.05, 0) is 11.6 Å². The normalized spacial score (nSPS) is 12.1. The Morgan fingerprint density at radius 2 is 1.61 bits per heavy atom. The first-order chi connectivity index (χ1) is 15.7. The molecule has 0 radical (unpaired) electrons. The molecule has 0 aliphatic carbocycles. The summed E-state index contributed by atoms with van der Waals surface area (Å²) in [4.78, 5) is 24.3. The summed E-state index contributed by atoms with van der Waals surface area (Å²) >= 11 is 0. The standard InChI is InChI=1S/C21H15F5N4O3/c22-16-11(17(23)19(25)20(26)18(16)24)6-7-15(32)27-13(9-31)21(33)28-14-8-12(29-30-14)10-4-2-1-3-5-10/h1-8,13,31H,9H2,(H,27,32)(H2,28,29,30,33). The first-order valence-corrected chi connectivity index (χ1v) is 9.25. The number of aromatic amines is 1. The number of rotatable bonds is 7. The second-order valence-corrected chi connectivity index (χ2v) is 6.58. The highest BCUT2D eigenvalue weighted by atomic mass is 19.2. The maximum Gasteiger partial charge on any atom is 0.250 e. The van der Waals surface area contributed by atoms with E-state index in [1.54, 1.807) is 24.3 Å². The summed E-state index contributed by atoms with van der Waals surface area (Å²) in [5.74, 6) is -12.9. The number of hydrogen-bond acceptors (Lipinski definition) is 4. The minimum atomic E-state index is -2.34. The van der Waals surface area contributed by atoms with Gasteiger partial charge in [0.1, 0.15) is 6.04 Å². The molecule has 2 amide bonds. The lowest BCUT2D eigenvalue weighted by molar-refractivity contribution is -0.124. The Bertz CT molecular complexity index is 1190. The number of benzene rings is 2. The van der Waals surface area contributed by atoms with E-state index >= 15 is 0 Å². The summed E-state index contributed by atoms with van der Waals surface area (Å²) in [7, 11) is 0. The zero-order chi connectivity index (χ0) is 24.1. The van der Waals surface area contributed by atoms with Crippen molar-refractivity contribution >= 4 is 23.7 Å². The van der Waals surface area contributed by atoms with Crippen molar-refractivity contribution in [2.75, 3.05) is 11.9 Å². The molecule has 2 aromatic carbocycles. The quantitative estimate of drug-likeness (QED) is 0.186. The smallest absolute Gasteiger partial charge is 0.250 e. The summed E-state index contributed by atoms with van der Waals surface area (Å²) < 4.78 is 66.8. The number of carbonyl (C=O) groups is 2. The molecule has 4 N–H and O–H groups in total. The minimum Gasteiger partial charge on any atom is -0.394 e. The molecule has 172 valence electrons. The molecule has 12 heteroatoms. The molecule has 0 saturated heterocycles. The summed E-state index contributed by atoms with van der Waals surface area (Å²) in [5, 5.41) is 20.4. The number of hydrogen-bond donors (Lipinski definition) is 4. The number of nitrogens with one attached hydrogen (secondary N) is 3. The third kappa shape index (κ3) is 5.23. The predicted octanol–water partition coefficient (Wildman–Crippen LogP) is 2.90. The van der Waals surface area contributed by atoms with Gasteiger partial charge in [0, 0.05) is 12.1 Å². The first kappa shape index (κ1) is 23.6. The largest absolute Gasteiger partial charge is 0.394 e. The Kier molecular flexibility index (Phi) is 7.18. The van der Waals surface area contributed by atoms with Crippen LogP contribution in [0.2, 0.25) is 0 Å². The fourth-order valence-corrected chi connectivity index (χ4v) is 2.71. The zero-order valence-electron chi connectivity index (χ0n) is 16.5. The van der Waals surface area contributed by atoms with Crippen molar-refractivity contribution in [1.82, 2.24) is 15.5 Å². The van der Waals surface area contributed by atoms with Gasteiger partial charge >= 0.3 is 0 Å². The number of amides is 2. The van der Waals surface area contributed by atoms with Crippen LogP contribution in [0.1, 0.15) is 5.56 Å². The van der Waals surface area contributed by atoms with Gasteiger partial charge in [0.25, 0.3) is 5.91 Å². The second-order valence-electron chi connectivity index (χ2n) is 6.58. The molecule has 1 heterocycles. The van der Waals surface area contributed by atoms with Crippen LogP contribution in [0.4, 0.5) is 27.8 Å². The van der Waals surface area contributed by atoms with Crippen molar-refractivity contribution in [2.45, 2.75) is 6.04 Å².